The number of anilines is 1. The van der Waals surface area contributed by atoms with Crippen LogP contribution < -0.4 is 10.2 Å². The van der Waals surface area contributed by atoms with E-state index >= 15 is 0 Å². The van der Waals surface area contributed by atoms with Gasteiger partial charge in [-0.1, -0.05) is 30.3 Å². The topological polar surface area (TPSA) is 41.0 Å². The summed E-state index contributed by atoms with van der Waals surface area (Å²) < 4.78 is 38.1. The number of nitrogens with one attached hydrogen (secondary N) is 1. The summed E-state index contributed by atoms with van der Waals surface area (Å²) in [7, 11) is 0. The van der Waals surface area contributed by atoms with Crippen LogP contribution in [0.5, 0.6) is 0 Å². The second kappa shape index (κ2) is 8.05. The largest absolute Gasteiger partial charge is 0.393 e. The zero-order chi connectivity index (χ0) is 19.6. The van der Waals surface area contributed by atoms with Crippen LogP contribution in [0.3, 0.4) is 0 Å². The molecule has 3 heterocycles. The molecule has 0 amide bonds. The molecule has 1 aromatic carbocycles. The zero-order valence-corrected chi connectivity index (χ0v) is 16.1. The number of hydrogen-bond acceptors (Lipinski definition) is 5. The molecule has 148 valence electrons. The summed E-state index contributed by atoms with van der Waals surface area (Å²) in [6.45, 7) is 2.49. The lowest BCUT2D eigenvalue weighted by Crippen LogP contribution is -2.42. The van der Waals surface area contributed by atoms with E-state index in [1.807, 2.05) is 18.2 Å². The van der Waals surface area contributed by atoms with Crippen LogP contribution in [0.15, 0.2) is 42.7 Å². The number of benzene rings is 1. The van der Waals surface area contributed by atoms with Gasteiger partial charge in [0.25, 0.3) is 0 Å². The average molecular weight is 406 g/mol. The predicted octanol–water partition coefficient (Wildman–Crippen LogP) is 4.55. The lowest BCUT2D eigenvalue weighted by Gasteiger charge is -2.33. The summed E-state index contributed by atoms with van der Waals surface area (Å²) in [6.07, 6.45) is -1.74. The van der Waals surface area contributed by atoms with E-state index in [1.165, 1.54) is 11.9 Å². The molecule has 0 atom stereocenters. The van der Waals surface area contributed by atoms with Crippen molar-refractivity contribution < 1.29 is 13.2 Å². The molecule has 1 saturated heterocycles. The van der Waals surface area contributed by atoms with E-state index in [-0.39, 0.29) is 4.88 Å². The van der Waals surface area contributed by atoms with Crippen molar-refractivity contribution >= 4 is 27.4 Å². The molecule has 8 heteroatoms. The molecule has 1 N–H and O–H groups in total. The molecular weight excluding hydrogens is 385 g/mol. The van der Waals surface area contributed by atoms with Crippen LogP contribution in [-0.4, -0.2) is 35.3 Å². The number of halogens is 3. The third-order valence-corrected chi connectivity index (χ3v) is 6.01. The Kier molecular flexibility index (Phi) is 5.50. The number of hydrogen-bond donors (Lipinski definition) is 1. The number of fused-ring (bicyclic) bond motifs is 1. The average Bonchev–Trinajstić information content (AvgIpc) is 3.08. The first-order valence-electron chi connectivity index (χ1n) is 9.30. The van der Waals surface area contributed by atoms with Gasteiger partial charge in [-0.25, -0.2) is 9.97 Å². The van der Waals surface area contributed by atoms with Gasteiger partial charge in [-0.2, -0.15) is 13.2 Å². The van der Waals surface area contributed by atoms with Crippen LogP contribution in [0.4, 0.5) is 19.0 Å². The molecule has 0 saturated carbocycles. The fourth-order valence-electron chi connectivity index (χ4n) is 3.58. The normalized spacial score (nSPS) is 16.0. The van der Waals surface area contributed by atoms with E-state index in [9.17, 15) is 13.2 Å². The van der Waals surface area contributed by atoms with Gasteiger partial charge in [0, 0.05) is 30.6 Å². The molecule has 28 heavy (non-hydrogen) atoms. The molecule has 1 fully saturated rings. The van der Waals surface area contributed by atoms with Crippen molar-refractivity contribution in [3.8, 4) is 0 Å². The first kappa shape index (κ1) is 19.1. The van der Waals surface area contributed by atoms with Crippen LogP contribution in [-0.2, 0) is 13.0 Å². The van der Waals surface area contributed by atoms with Crippen LogP contribution >= 0.6 is 11.3 Å². The monoisotopic (exact) mass is 406 g/mol. The summed E-state index contributed by atoms with van der Waals surface area (Å²) in [6, 6.07) is 12.3. The van der Waals surface area contributed by atoms with Crippen LogP contribution in [0.1, 0.15) is 23.3 Å². The van der Waals surface area contributed by atoms with Crippen molar-refractivity contribution in [2.24, 2.45) is 0 Å². The lowest BCUT2D eigenvalue weighted by atomic mass is 10.0. The van der Waals surface area contributed by atoms with Gasteiger partial charge in [-0.15, -0.1) is 11.3 Å². The Hall–Kier alpha value is -2.19. The maximum Gasteiger partial charge on any atom is 0.393 e. The van der Waals surface area contributed by atoms with Gasteiger partial charge in [0.2, 0.25) is 0 Å². The molecule has 4 nitrogen and oxygen atoms in total. The maximum absolute atomic E-state index is 12.7. The number of aromatic nitrogens is 2. The van der Waals surface area contributed by atoms with Crippen molar-refractivity contribution in [1.82, 2.24) is 15.3 Å². The number of rotatable bonds is 5. The molecule has 2 aromatic heterocycles. The van der Waals surface area contributed by atoms with Gasteiger partial charge >= 0.3 is 6.18 Å². The highest BCUT2D eigenvalue weighted by molar-refractivity contribution is 7.18. The van der Waals surface area contributed by atoms with Gasteiger partial charge in [-0.05, 0) is 24.5 Å². The molecule has 0 bridgehead atoms. The lowest BCUT2D eigenvalue weighted by molar-refractivity contribution is -0.126. The van der Waals surface area contributed by atoms with E-state index < -0.39 is 12.6 Å². The SMILES string of the molecule is FC(F)(F)Cc1cc2c(N3CCC(NCc4ccccc4)CC3)ncnc2s1. The number of thiophene rings is 1. The molecule has 0 radical (unpaired) electrons. The summed E-state index contributed by atoms with van der Waals surface area (Å²) in [4.78, 5) is 11.6. The Morgan fingerprint density at radius 1 is 1.11 bits per heavy atom. The van der Waals surface area contributed by atoms with Crippen molar-refractivity contribution in [2.45, 2.75) is 38.0 Å². The van der Waals surface area contributed by atoms with Crippen LogP contribution in [0.2, 0.25) is 0 Å². The Bertz CT molecular complexity index is 918. The molecule has 1 aliphatic rings. The molecule has 1 aliphatic heterocycles. The van der Waals surface area contributed by atoms with Crippen molar-refractivity contribution in [3.63, 3.8) is 0 Å². The van der Waals surface area contributed by atoms with Gasteiger partial charge in [0.1, 0.15) is 17.0 Å². The van der Waals surface area contributed by atoms with Gasteiger partial charge in [-0.3, -0.25) is 0 Å². The fraction of sp³-hybridized carbons (Fsp3) is 0.400. The third-order valence-electron chi connectivity index (χ3n) is 4.97. The Balaban J connectivity index is 1.41. The zero-order valence-electron chi connectivity index (χ0n) is 15.2. The molecule has 3 aromatic rings. The standard InChI is InChI=1S/C20H21F3N4S/c21-20(22,23)11-16-10-17-18(25-13-26-19(17)28-16)27-8-6-15(7-9-27)24-12-14-4-2-1-3-5-14/h1-5,10,13,15,24H,6-9,11-12H2. The summed E-state index contributed by atoms with van der Waals surface area (Å²) >= 11 is 1.10. The van der Waals surface area contributed by atoms with Crippen molar-refractivity contribution in [2.75, 3.05) is 18.0 Å². The third kappa shape index (κ3) is 4.62. The Morgan fingerprint density at radius 2 is 1.86 bits per heavy atom. The Morgan fingerprint density at radius 3 is 2.57 bits per heavy atom. The van der Waals surface area contributed by atoms with Crippen LogP contribution in [0.25, 0.3) is 10.2 Å². The van der Waals surface area contributed by atoms with Crippen molar-refractivity contribution in [3.05, 3.63) is 53.2 Å². The molecule has 0 spiro atoms. The highest BCUT2D eigenvalue weighted by Crippen LogP contribution is 2.34. The smallest absolute Gasteiger partial charge is 0.356 e. The number of nitrogens with zero attached hydrogens (tertiary/aromatic N) is 3. The number of alkyl halides is 3. The molecular formula is C20H21F3N4S. The van der Waals surface area contributed by atoms with Crippen LogP contribution in [0, 0.1) is 0 Å². The molecule has 4 rings (SSSR count). The van der Waals surface area contributed by atoms with E-state index in [4.69, 9.17) is 0 Å². The van der Waals surface area contributed by atoms with E-state index in [0.29, 0.717) is 10.9 Å². The predicted molar refractivity (Wildman–Crippen MR) is 106 cm³/mol. The van der Waals surface area contributed by atoms with Gasteiger partial charge < -0.3 is 10.2 Å². The van der Waals surface area contributed by atoms with Gasteiger partial charge in [0.05, 0.1) is 11.8 Å². The fourth-order valence-corrected chi connectivity index (χ4v) is 4.60. The van der Waals surface area contributed by atoms with Gasteiger partial charge in [0.15, 0.2) is 0 Å². The highest BCUT2D eigenvalue weighted by Gasteiger charge is 2.29. The summed E-state index contributed by atoms with van der Waals surface area (Å²) in [5, 5.41) is 4.32. The Labute approximate surface area is 165 Å². The highest BCUT2D eigenvalue weighted by atomic mass is 32.1. The number of piperidine rings is 1. The minimum Gasteiger partial charge on any atom is -0.356 e. The van der Waals surface area contributed by atoms with E-state index in [2.05, 4.69) is 32.3 Å². The van der Waals surface area contributed by atoms with E-state index in [1.54, 1.807) is 6.07 Å². The second-order valence-corrected chi connectivity index (χ2v) is 8.16. The quantitative estimate of drug-likeness (QED) is 0.675. The minimum atomic E-state index is -4.21. The first-order chi connectivity index (χ1) is 13.5. The first-order valence-corrected chi connectivity index (χ1v) is 10.1. The summed E-state index contributed by atoms with van der Waals surface area (Å²) in [5.74, 6) is 0.746. The molecule has 0 unspecified atom stereocenters. The summed E-state index contributed by atoms with van der Waals surface area (Å²) in [5.41, 5.74) is 1.26. The van der Waals surface area contributed by atoms with E-state index in [0.717, 1.165) is 55.0 Å². The van der Waals surface area contributed by atoms with Crippen molar-refractivity contribution in [1.29, 1.82) is 0 Å². The molecule has 0 aliphatic carbocycles. The maximum atomic E-state index is 12.7. The minimum absolute atomic E-state index is 0.281. The second-order valence-electron chi connectivity index (χ2n) is 7.05.